The van der Waals surface area contributed by atoms with E-state index in [1.165, 1.54) is 0 Å². The van der Waals surface area contributed by atoms with Crippen molar-refractivity contribution in [2.75, 3.05) is 19.0 Å². The Morgan fingerprint density at radius 2 is 2.14 bits per heavy atom. The number of nitrogens with one attached hydrogen (secondary N) is 1. The van der Waals surface area contributed by atoms with Crippen molar-refractivity contribution in [3.8, 4) is 12.3 Å². The van der Waals surface area contributed by atoms with Gasteiger partial charge in [0.2, 0.25) is 5.91 Å². The van der Waals surface area contributed by atoms with Crippen LogP contribution in [-0.2, 0) is 11.3 Å². The molecule has 1 aromatic rings. The molecular formula is C17H22N4O. The van der Waals surface area contributed by atoms with Gasteiger partial charge in [-0.05, 0) is 17.7 Å². The summed E-state index contributed by atoms with van der Waals surface area (Å²) in [4.78, 5) is 14.0. The molecule has 1 aliphatic heterocycles. The number of hydrogen-bond acceptors (Lipinski definition) is 4. The smallest absolute Gasteiger partial charge is 0.220 e. The minimum Gasteiger partial charge on any atom is -0.378 e. The van der Waals surface area contributed by atoms with Crippen molar-refractivity contribution in [1.29, 1.82) is 0 Å². The molecule has 0 saturated carbocycles. The van der Waals surface area contributed by atoms with Crippen LogP contribution < -0.4 is 10.2 Å². The maximum Gasteiger partial charge on any atom is 0.220 e. The van der Waals surface area contributed by atoms with Crippen LogP contribution in [0, 0.1) is 12.3 Å². The highest BCUT2D eigenvalue weighted by Gasteiger charge is 2.39. The van der Waals surface area contributed by atoms with Crippen molar-refractivity contribution in [2.24, 2.45) is 10.2 Å². The zero-order valence-electron chi connectivity index (χ0n) is 13.2. The summed E-state index contributed by atoms with van der Waals surface area (Å²) in [5.74, 6) is 2.61. The molecule has 0 spiro atoms. The number of anilines is 1. The molecule has 1 aliphatic rings. The van der Waals surface area contributed by atoms with E-state index >= 15 is 0 Å². The summed E-state index contributed by atoms with van der Waals surface area (Å²) in [5.41, 5.74) is 1.83. The number of nitrogens with zero attached hydrogens (tertiary/aromatic N) is 3. The van der Waals surface area contributed by atoms with Crippen molar-refractivity contribution in [1.82, 2.24) is 5.32 Å². The number of hydrogen-bond donors (Lipinski definition) is 1. The van der Waals surface area contributed by atoms with Gasteiger partial charge in [-0.15, -0.1) is 12.3 Å². The second-order valence-corrected chi connectivity index (χ2v) is 5.73. The molecule has 1 heterocycles. The van der Waals surface area contributed by atoms with Gasteiger partial charge in [-0.25, -0.2) is 0 Å². The van der Waals surface area contributed by atoms with Crippen LogP contribution in [0.4, 0.5) is 5.69 Å². The van der Waals surface area contributed by atoms with E-state index in [4.69, 9.17) is 6.42 Å². The van der Waals surface area contributed by atoms with Gasteiger partial charge in [0.1, 0.15) is 0 Å². The summed E-state index contributed by atoms with van der Waals surface area (Å²) >= 11 is 0. The zero-order valence-corrected chi connectivity index (χ0v) is 13.2. The SMILES string of the molecule is C#CCCC1(CCC(=O)NCc2cccc(N(C)C)c2)N=N1. The van der Waals surface area contributed by atoms with Crippen LogP contribution in [0.15, 0.2) is 34.5 Å². The fourth-order valence-electron chi connectivity index (χ4n) is 2.22. The number of rotatable bonds is 8. The van der Waals surface area contributed by atoms with Crippen molar-refractivity contribution in [3.63, 3.8) is 0 Å². The zero-order chi connectivity index (χ0) is 16.0. The average molecular weight is 298 g/mol. The van der Waals surface area contributed by atoms with Crippen LogP contribution in [0.1, 0.15) is 31.2 Å². The lowest BCUT2D eigenvalue weighted by Crippen LogP contribution is -2.25. The Kier molecular flexibility index (Phi) is 5.16. The molecule has 1 aromatic carbocycles. The van der Waals surface area contributed by atoms with Gasteiger partial charge in [-0.2, -0.15) is 10.2 Å². The standard InChI is InChI=1S/C17H22N4O/c1-4-5-10-17(19-20-17)11-9-16(22)18-13-14-7-6-8-15(12-14)21(2)3/h1,6-8,12H,5,9-11,13H2,2-3H3,(H,18,22). The van der Waals surface area contributed by atoms with Gasteiger partial charge in [0.25, 0.3) is 0 Å². The molecule has 0 bridgehead atoms. The molecule has 1 amide bonds. The molecule has 1 N–H and O–H groups in total. The lowest BCUT2D eigenvalue weighted by atomic mass is 10.0. The van der Waals surface area contributed by atoms with Crippen molar-refractivity contribution < 1.29 is 4.79 Å². The van der Waals surface area contributed by atoms with Crippen molar-refractivity contribution in [3.05, 3.63) is 29.8 Å². The summed E-state index contributed by atoms with van der Waals surface area (Å²) in [6.45, 7) is 0.534. The van der Waals surface area contributed by atoms with Gasteiger partial charge in [-0.1, -0.05) is 12.1 Å². The van der Waals surface area contributed by atoms with E-state index in [1.807, 2.05) is 37.2 Å². The van der Waals surface area contributed by atoms with Gasteiger partial charge < -0.3 is 10.2 Å². The first kappa shape index (κ1) is 16.0. The van der Waals surface area contributed by atoms with E-state index in [9.17, 15) is 4.79 Å². The normalized spacial score (nSPS) is 14.2. The largest absolute Gasteiger partial charge is 0.378 e. The molecule has 0 saturated heterocycles. The fourth-order valence-corrected chi connectivity index (χ4v) is 2.22. The minimum atomic E-state index is -0.380. The second kappa shape index (κ2) is 7.08. The van der Waals surface area contributed by atoms with Crippen LogP contribution in [0.3, 0.4) is 0 Å². The molecule has 22 heavy (non-hydrogen) atoms. The molecule has 2 rings (SSSR count). The number of carbonyl (C=O) groups is 1. The molecule has 0 fully saturated rings. The summed E-state index contributed by atoms with van der Waals surface area (Å²) in [6, 6.07) is 8.11. The first-order chi connectivity index (χ1) is 10.5. The van der Waals surface area contributed by atoms with Crippen LogP contribution in [0.25, 0.3) is 0 Å². The number of carbonyl (C=O) groups excluding carboxylic acids is 1. The van der Waals surface area contributed by atoms with E-state index in [1.54, 1.807) is 0 Å². The Bertz CT molecular complexity index is 595. The molecule has 5 nitrogen and oxygen atoms in total. The van der Waals surface area contributed by atoms with Crippen LogP contribution >= 0.6 is 0 Å². The molecule has 5 heteroatoms. The molecule has 0 radical (unpaired) electrons. The third kappa shape index (κ3) is 4.59. The van der Waals surface area contributed by atoms with Gasteiger partial charge in [0.05, 0.1) is 0 Å². The number of amides is 1. The third-order valence-corrected chi connectivity index (χ3v) is 3.72. The van der Waals surface area contributed by atoms with Gasteiger partial charge in [-0.3, -0.25) is 4.79 Å². The third-order valence-electron chi connectivity index (χ3n) is 3.72. The van der Waals surface area contributed by atoms with Crippen molar-refractivity contribution >= 4 is 11.6 Å². The number of benzene rings is 1. The fraction of sp³-hybridized carbons (Fsp3) is 0.471. The van der Waals surface area contributed by atoms with E-state index in [0.717, 1.165) is 17.7 Å². The monoisotopic (exact) mass is 298 g/mol. The maximum atomic E-state index is 11.9. The van der Waals surface area contributed by atoms with Gasteiger partial charge in [0, 0.05) is 52.0 Å². The summed E-state index contributed by atoms with van der Waals surface area (Å²) in [5, 5.41) is 11.0. The predicted octanol–water partition coefficient (Wildman–Crippen LogP) is 2.72. The molecule has 116 valence electrons. The highest BCUT2D eigenvalue weighted by Crippen LogP contribution is 2.37. The summed E-state index contributed by atoms with van der Waals surface area (Å²) in [6.07, 6.45) is 7.69. The van der Waals surface area contributed by atoms with Gasteiger partial charge >= 0.3 is 0 Å². The Morgan fingerprint density at radius 1 is 1.36 bits per heavy atom. The molecule has 0 unspecified atom stereocenters. The first-order valence-corrected chi connectivity index (χ1v) is 7.45. The first-order valence-electron chi connectivity index (χ1n) is 7.45. The van der Waals surface area contributed by atoms with Crippen molar-refractivity contribution in [2.45, 2.75) is 37.9 Å². The van der Waals surface area contributed by atoms with E-state index in [-0.39, 0.29) is 11.6 Å². The van der Waals surface area contributed by atoms with Crippen LogP contribution in [-0.4, -0.2) is 25.7 Å². The predicted molar refractivity (Wildman–Crippen MR) is 87.5 cm³/mol. The molecular weight excluding hydrogens is 276 g/mol. The quantitative estimate of drug-likeness (QED) is 0.750. The Labute approximate surface area is 131 Å². The Morgan fingerprint density at radius 3 is 2.77 bits per heavy atom. The van der Waals surface area contributed by atoms with Crippen LogP contribution in [0.2, 0.25) is 0 Å². The lowest BCUT2D eigenvalue weighted by Gasteiger charge is -2.14. The minimum absolute atomic E-state index is 0.0210. The summed E-state index contributed by atoms with van der Waals surface area (Å²) in [7, 11) is 3.99. The average Bonchev–Trinajstić information content (AvgIpc) is 3.30. The Hall–Kier alpha value is -2.35. The van der Waals surface area contributed by atoms with E-state index in [0.29, 0.717) is 25.8 Å². The topological polar surface area (TPSA) is 57.1 Å². The Balaban J connectivity index is 1.74. The highest BCUT2D eigenvalue weighted by molar-refractivity contribution is 5.76. The van der Waals surface area contributed by atoms with Crippen LogP contribution in [0.5, 0.6) is 0 Å². The summed E-state index contributed by atoms with van der Waals surface area (Å²) < 4.78 is 0. The highest BCUT2D eigenvalue weighted by atomic mass is 16.1. The van der Waals surface area contributed by atoms with E-state index < -0.39 is 0 Å². The van der Waals surface area contributed by atoms with E-state index in [2.05, 4.69) is 27.5 Å². The second-order valence-electron chi connectivity index (χ2n) is 5.73. The maximum absolute atomic E-state index is 11.9. The molecule has 0 aliphatic carbocycles. The molecule has 0 atom stereocenters. The van der Waals surface area contributed by atoms with Gasteiger partial charge in [0.15, 0.2) is 5.66 Å². The molecule has 0 aromatic heterocycles. The lowest BCUT2D eigenvalue weighted by molar-refractivity contribution is -0.121. The number of terminal acetylenes is 1.